The smallest absolute Gasteiger partial charge is 0.269 e. The minimum Gasteiger partial charge on any atom is -0.478 e. The molecule has 1 aliphatic rings. The maximum absolute atomic E-state index is 12.5. The highest BCUT2D eigenvalue weighted by molar-refractivity contribution is 7.15. The van der Waals surface area contributed by atoms with Crippen LogP contribution < -0.4 is 10.1 Å². The van der Waals surface area contributed by atoms with E-state index in [1.54, 1.807) is 21.0 Å². The third-order valence-corrected chi connectivity index (χ3v) is 5.63. The average Bonchev–Trinajstić information content (AvgIpc) is 2.99. The number of alkyl halides is 2. The molecule has 1 amide bonds. The van der Waals surface area contributed by atoms with Crippen LogP contribution in [-0.2, 0) is 16.1 Å². The maximum Gasteiger partial charge on any atom is 0.269 e. The molecule has 1 atom stereocenters. The minimum atomic E-state index is -1.09. The molecule has 1 aromatic carbocycles. The highest BCUT2D eigenvalue weighted by Crippen LogP contribution is 2.59. The van der Waals surface area contributed by atoms with Crippen molar-refractivity contribution in [2.24, 2.45) is 0 Å². The van der Waals surface area contributed by atoms with E-state index < -0.39 is 9.93 Å². The number of carbonyl (C=O) groups is 1. The van der Waals surface area contributed by atoms with Crippen LogP contribution in [0.1, 0.15) is 36.8 Å². The Morgan fingerprint density at radius 2 is 2.00 bits per heavy atom. The van der Waals surface area contributed by atoms with Gasteiger partial charge < -0.3 is 9.47 Å². The Morgan fingerprint density at radius 3 is 2.58 bits per heavy atom. The predicted molar refractivity (Wildman–Crippen MR) is 102 cm³/mol. The lowest BCUT2D eigenvalue weighted by atomic mass is 10.1. The molecular weight excluding hydrogens is 397 g/mol. The number of nitrogens with zero attached hydrogens (tertiary/aromatic N) is 2. The van der Waals surface area contributed by atoms with Gasteiger partial charge in [0.25, 0.3) is 5.91 Å². The molecule has 0 unspecified atom stereocenters. The van der Waals surface area contributed by atoms with Crippen molar-refractivity contribution in [1.82, 2.24) is 10.2 Å². The summed E-state index contributed by atoms with van der Waals surface area (Å²) in [6.07, 6.45) is 0.747. The number of ether oxygens (including phenoxy) is 2. The number of nitrogens with one attached hydrogen (secondary N) is 1. The summed E-state index contributed by atoms with van der Waals surface area (Å²) in [5, 5.41) is 11.7. The first kappa shape index (κ1) is 19.4. The number of rotatable bonds is 7. The molecule has 1 fully saturated rings. The number of benzene rings is 1. The van der Waals surface area contributed by atoms with Gasteiger partial charge in [-0.1, -0.05) is 23.5 Å². The molecular formula is C17H19Cl2N3O3S. The van der Waals surface area contributed by atoms with Gasteiger partial charge in [-0.15, -0.1) is 33.4 Å². The van der Waals surface area contributed by atoms with E-state index in [-0.39, 0.29) is 11.8 Å². The van der Waals surface area contributed by atoms with Gasteiger partial charge >= 0.3 is 0 Å². The number of hydrogen-bond donors (Lipinski definition) is 1. The summed E-state index contributed by atoms with van der Waals surface area (Å²) in [6, 6.07) is 7.47. The fourth-order valence-corrected chi connectivity index (χ4v) is 3.69. The van der Waals surface area contributed by atoms with Gasteiger partial charge in [0, 0.05) is 13.0 Å². The van der Waals surface area contributed by atoms with Crippen LogP contribution in [0, 0.1) is 0 Å². The monoisotopic (exact) mass is 415 g/mol. The molecule has 0 radical (unpaired) electrons. The average molecular weight is 416 g/mol. The SMILES string of the molecule is COCc1nnc(NC(=O)C(C)(C)Oc2ccc([C@H]3CC3(Cl)Cl)cc2)s1. The number of anilines is 1. The number of carbonyl (C=O) groups excluding carboxylic acids is 1. The standard InChI is InChI=1S/C17H19Cl2N3O3S/c1-16(2,14(23)20-15-22-21-13(26-15)9-24-3)25-11-6-4-10(5-7-11)12-8-17(12,18)19/h4-7,12H,8-9H2,1-3H3,(H,20,22,23)/t12-/m1/s1. The third-order valence-electron chi connectivity index (χ3n) is 3.98. The summed E-state index contributed by atoms with van der Waals surface area (Å²) in [5.74, 6) is 0.418. The van der Waals surface area contributed by atoms with Crippen molar-refractivity contribution in [1.29, 1.82) is 0 Å². The molecule has 1 N–H and O–H groups in total. The molecule has 3 rings (SSSR count). The first-order valence-electron chi connectivity index (χ1n) is 8.01. The fraction of sp³-hybridized carbons (Fsp3) is 0.471. The Bertz CT molecular complexity index is 793. The number of halogens is 2. The van der Waals surface area contributed by atoms with E-state index in [4.69, 9.17) is 32.7 Å². The first-order chi connectivity index (χ1) is 12.2. The lowest BCUT2D eigenvalue weighted by Crippen LogP contribution is -2.42. The van der Waals surface area contributed by atoms with Gasteiger partial charge in [-0.25, -0.2) is 0 Å². The van der Waals surface area contributed by atoms with Crippen molar-refractivity contribution in [3.8, 4) is 5.75 Å². The second-order valence-electron chi connectivity index (χ2n) is 6.59. The molecule has 1 saturated carbocycles. The van der Waals surface area contributed by atoms with Gasteiger partial charge in [0.05, 0.1) is 0 Å². The number of amides is 1. The Labute approximate surface area is 165 Å². The molecule has 26 heavy (non-hydrogen) atoms. The first-order valence-corrected chi connectivity index (χ1v) is 9.58. The maximum atomic E-state index is 12.5. The molecule has 1 aliphatic carbocycles. The van der Waals surface area contributed by atoms with Crippen LogP contribution in [0.3, 0.4) is 0 Å². The molecule has 0 bridgehead atoms. The molecule has 9 heteroatoms. The van der Waals surface area contributed by atoms with Gasteiger partial charge in [0.2, 0.25) is 5.13 Å². The van der Waals surface area contributed by atoms with Crippen LogP contribution in [0.2, 0.25) is 0 Å². The van der Waals surface area contributed by atoms with Gasteiger partial charge in [0.15, 0.2) is 5.60 Å². The van der Waals surface area contributed by atoms with E-state index >= 15 is 0 Å². The molecule has 0 spiro atoms. The number of hydrogen-bond acceptors (Lipinski definition) is 6. The van der Waals surface area contributed by atoms with Crippen LogP contribution in [0.15, 0.2) is 24.3 Å². The number of aromatic nitrogens is 2. The molecule has 0 aliphatic heterocycles. The summed E-state index contributed by atoms with van der Waals surface area (Å²) < 4.78 is 10.2. The largest absolute Gasteiger partial charge is 0.478 e. The normalized spacial score (nSPS) is 18.4. The fourth-order valence-electron chi connectivity index (χ4n) is 2.42. The second kappa shape index (κ2) is 7.31. The molecule has 1 aromatic heterocycles. The minimum absolute atomic E-state index is 0.148. The molecule has 140 valence electrons. The number of methoxy groups -OCH3 is 1. The van der Waals surface area contributed by atoms with Crippen molar-refractivity contribution in [2.75, 3.05) is 12.4 Å². The van der Waals surface area contributed by atoms with E-state index in [2.05, 4.69) is 15.5 Å². The Kier molecular flexibility index (Phi) is 5.44. The van der Waals surface area contributed by atoms with Crippen LogP contribution in [0.25, 0.3) is 0 Å². The van der Waals surface area contributed by atoms with E-state index in [0.717, 1.165) is 12.0 Å². The Balaban J connectivity index is 1.61. The zero-order valence-corrected chi connectivity index (χ0v) is 16.9. The quantitative estimate of drug-likeness (QED) is 0.687. The third kappa shape index (κ3) is 4.46. The lowest BCUT2D eigenvalue weighted by molar-refractivity contribution is -0.128. The van der Waals surface area contributed by atoms with Crippen molar-refractivity contribution in [3.05, 3.63) is 34.8 Å². The molecule has 6 nitrogen and oxygen atoms in total. The summed E-state index contributed by atoms with van der Waals surface area (Å²) in [6.45, 7) is 3.74. The topological polar surface area (TPSA) is 73.3 Å². The van der Waals surface area contributed by atoms with Gasteiger partial charge in [-0.2, -0.15) is 0 Å². The van der Waals surface area contributed by atoms with Crippen LogP contribution in [0.4, 0.5) is 5.13 Å². The van der Waals surface area contributed by atoms with E-state index in [1.807, 2.05) is 24.3 Å². The summed E-state index contributed by atoms with van der Waals surface area (Å²) in [4.78, 5) is 12.5. The Hall–Kier alpha value is -1.41. The van der Waals surface area contributed by atoms with E-state index in [0.29, 0.717) is 22.5 Å². The van der Waals surface area contributed by atoms with Crippen molar-refractivity contribution in [2.45, 2.75) is 42.7 Å². The van der Waals surface area contributed by atoms with E-state index in [1.165, 1.54) is 11.3 Å². The van der Waals surface area contributed by atoms with Crippen LogP contribution in [0.5, 0.6) is 5.75 Å². The Morgan fingerprint density at radius 1 is 1.35 bits per heavy atom. The van der Waals surface area contributed by atoms with Gasteiger partial charge in [-0.05, 0) is 38.0 Å². The summed E-state index contributed by atoms with van der Waals surface area (Å²) in [5.41, 5.74) is -0.0270. The zero-order valence-electron chi connectivity index (χ0n) is 14.6. The summed E-state index contributed by atoms with van der Waals surface area (Å²) in [7, 11) is 1.57. The predicted octanol–water partition coefficient (Wildman–Crippen LogP) is 4.14. The van der Waals surface area contributed by atoms with Crippen LogP contribution >= 0.6 is 34.5 Å². The van der Waals surface area contributed by atoms with Gasteiger partial charge in [-0.3, -0.25) is 10.1 Å². The summed E-state index contributed by atoms with van der Waals surface area (Å²) >= 11 is 13.4. The van der Waals surface area contributed by atoms with Crippen LogP contribution in [-0.4, -0.2) is 33.1 Å². The van der Waals surface area contributed by atoms with Crippen molar-refractivity contribution < 1.29 is 14.3 Å². The van der Waals surface area contributed by atoms with Crippen molar-refractivity contribution in [3.63, 3.8) is 0 Å². The highest BCUT2D eigenvalue weighted by Gasteiger charge is 2.52. The molecule has 0 saturated heterocycles. The zero-order chi connectivity index (χ0) is 18.9. The highest BCUT2D eigenvalue weighted by atomic mass is 35.5. The van der Waals surface area contributed by atoms with Gasteiger partial charge in [0.1, 0.15) is 21.7 Å². The molecule has 1 heterocycles. The van der Waals surface area contributed by atoms with Crippen molar-refractivity contribution >= 4 is 45.6 Å². The van der Waals surface area contributed by atoms with E-state index in [9.17, 15) is 4.79 Å². The second-order valence-corrected chi connectivity index (χ2v) is 9.19. The molecule has 2 aromatic rings. The lowest BCUT2D eigenvalue weighted by Gasteiger charge is -2.24.